The van der Waals surface area contributed by atoms with Crippen molar-refractivity contribution in [1.82, 2.24) is 4.90 Å². The highest BCUT2D eigenvalue weighted by molar-refractivity contribution is 9.10. The molecule has 0 heterocycles. The van der Waals surface area contributed by atoms with Gasteiger partial charge in [0, 0.05) is 23.8 Å². The van der Waals surface area contributed by atoms with Crippen molar-refractivity contribution in [2.75, 3.05) is 12.4 Å². The second-order valence-electron chi connectivity index (χ2n) is 4.98. The Labute approximate surface area is 145 Å². The Morgan fingerprint density at radius 1 is 1.12 bits per heavy atom. The lowest BCUT2D eigenvalue weighted by atomic mass is 10.2. The molecule has 0 aromatic heterocycles. The van der Waals surface area contributed by atoms with Gasteiger partial charge in [-0.05, 0) is 42.0 Å². The molecule has 2 aromatic rings. The number of rotatable bonds is 4. The second-order valence-corrected chi connectivity index (χ2v) is 5.90. The normalized spacial score (nSPS) is 11.0. The molecule has 24 heavy (non-hydrogen) atoms. The van der Waals surface area contributed by atoms with Gasteiger partial charge in [-0.1, -0.05) is 28.1 Å². The monoisotopic (exact) mass is 402 g/mol. The predicted molar refractivity (Wildman–Crippen MR) is 87.8 cm³/mol. The number of amides is 2. The van der Waals surface area contributed by atoms with E-state index in [-0.39, 0.29) is 11.8 Å². The van der Waals surface area contributed by atoms with Gasteiger partial charge in [-0.2, -0.15) is 0 Å². The average molecular weight is 403 g/mol. The van der Waals surface area contributed by atoms with Crippen LogP contribution in [-0.4, -0.2) is 24.3 Å². The summed E-state index contributed by atoms with van der Waals surface area (Å²) in [5.74, 6) is -0.344. The maximum absolute atomic E-state index is 12.1. The molecule has 0 saturated carbocycles. The molecule has 1 N–H and O–H groups in total. The Morgan fingerprint density at radius 2 is 1.71 bits per heavy atom. The fourth-order valence-corrected chi connectivity index (χ4v) is 2.16. The van der Waals surface area contributed by atoms with Crippen molar-refractivity contribution >= 4 is 27.6 Å². The van der Waals surface area contributed by atoms with Crippen molar-refractivity contribution in [2.45, 2.75) is 12.9 Å². The number of anilines is 1. The number of carbonyl (C=O) groups is 1. The van der Waals surface area contributed by atoms with E-state index in [0.717, 1.165) is 22.2 Å². The van der Waals surface area contributed by atoms with E-state index in [9.17, 15) is 18.0 Å². The van der Waals surface area contributed by atoms with Crippen molar-refractivity contribution in [3.8, 4) is 5.75 Å². The molecule has 2 amide bonds. The molecular weight excluding hydrogens is 389 g/mol. The molecule has 0 aliphatic heterocycles. The molecule has 0 radical (unpaired) electrons. The molecule has 4 nitrogen and oxygen atoms in total. The van der Waals surface area contributed by atoms with Gasteiger partial charge in [0.15, 0.2) is 0 Å². The first-order valence-electron chi connectivity index (χ1n) is 6.85. The molecular formula is C16H14BrF3N2O2. The molecule has 8 heteroatoms. The highest BCUT2D eigenvalue weighted by Gasteiger charge is 2.30. The van der Waals surface area contributed by atoms with Crippen LogP contribution in [0.4, 0.5) is 23.7 Å². The molecule has 0 atom stereocenters. The van der Waals surface area contributed by atoms with Gasteiger partial charge < -0.3 is 15.0 Å². The molecule has 0 saturated heterocycles. The number of alkyl halides is 3. The van der Waals surface area contributed by atoms with Gasteiger partial charge in [0.25, 0.3) is 0 Å². The standard InChI is InChI=1S/C16H14BrF3N2O2/c1-22(10-11-2-4-12(17)5-3-11)15(23)21-13-6-8-14(9-7-13)24-16(18,19)20/h2-9H,10H2,1H3,(H,21,23). The molecule has 0 aliphatic rings. The smallest absolute Gasteiger partial charge is 0.406 e. The third-order valence-corrected chi connectivity index (χ3v) is 3.55. The van der Waals surface area contributed by atoms with Gasteiger partial charge in [-0.15, -0.1) is 13.2 Å². The number of hydrogen-bond donors (Lipinski definition) is 1. The highest BCUT2D eigenvalue weighted by atomic mass is 79.9. The van der Waals surface area contributed by atoms with Crippen molar-refractivity contribution in [3.63, 3.8) is 0 Å². The first-order chi connectivity index (χ1) is 11.2. The van der Waals surface area contributed by atoms with Gasteiger partial charge in [0.05, 0.1) is 0 Å². The maximum atomic E-state index is 12.1. The van der Waals surface area contributed by atoms with Crippen LogP contribution in [0.1, 0.15) is 5.56 Å². The predicted octanol–water partition coefficient (Wildman–Crippen LogP) is 5.01. The minimum absolute atomic E-state index is 0.344. The number of halogens is 4. The van der Waals surface area contributed by atoms with Crippen LogP contribution >= 0.6 is 15.9 Å². The SMILES string of the molecule is CN(Cc1ccc(Br)cc1)C(=O)Nc1ccc(OC(F)(F)F)cc1. The number of hydrogen-bond acceptors (Lipinski definition) is 2. The van der Waals surface area contributed by atoms with E-state index in [4.69, 9.17) is 0 Å². The van der Waals surface area contributed by atoms with Gasteiger partial charge in [-0.3, -0.25) is 0 Å². The number of nitrogens with zero attached hydrogens (tertiary/aromatic N) is 1. The van der Waals surface area contributed by atoms with E-state index in [1.807, 2.05) is 24.3 Å². The number of nitrogens with one attached hydrogen (secondary N) is 1. The third kappa shape index (κ3) is 5.77. The number of urea groups is 1. The first-order valence-corrected chi connectivity index (χ1v) is 7.64. The molecule has 0 aliphatic carbocycles. The lowest BCUT2D eigenvalue weighted by Gasteiger charge is -2.18. The molecule has 2 rings (SSSR count). The summed E-state index contributed by atoms with van der Waals surface area (Å²) < 4.78 is 41.0. The fraction of sp³-hybridized carbons (Fsp3) is 0.188. The van der Waals surface area contributed by atoms with Crippen LogP contribution in [0.5, 0.6) is 5.75 Å². The van der Waals surface area contributed by atoms with Crippen molar-refractivity contribution in [3.05, 3.63) is 58.6 Å². The molecule has 0 spiro atoms. The highest BCUT2D eigenvalue weighted by Crippen LogP contribution is 2.24. The molecule has 128 valence electrons. The maximum Gasteiger partial charge on any atom is 0.573 e. The Hall–Kier alpha value is -2.22. The zero-order valence-electron chi connectivity index (χ0n) is 12.6. The van der Waals surface area contributed by atoms with E-state index >= 15 is 0 Å². The van der Waals surface area contributed by atoms with Crippen molar-refractivity contribution in [2.24, 2.45) is 0 Å². The average Bonchev–Trinajstić information content (AvgIpc) is 2.50. The molecule has 0 fully saturated rings. The number of ether oxygens (including phenoxy) is 1. The summed E-state index contributed by atoms with van der Waals surface area (Å²) in [6, 6.07) is 12.1. The van der Waals surface area contributed by atoms with Crippen LogP contribution < -0.4 is 10.1 Å². The van der Waals surface area contributed by atoms with Gasteiger partial charge >= 0.3 is 12.4 Å². The minimum atomic E-state index is -4.74. The summed E-state index contributed by atoms with van der Waals surface area (Å²) in [5, 5.41) is 2.60. The summed E-state index contributed by atoms with van der Waals surface area (Å²) in [4.78, 5) is 13.6. The van der Waals surface area contributed by atoms with Gasteiger partial charge in [0.2, 0.25) is 0 Å². The minimum Gasteiger partial charge on any atom is -0.406 e. The summed E-state index contributed by atoms with van der Waals surface area (Å²) in [6.45, 7) is 0.397. The molecule has 0 bridgehead atoms. The summed E-state index contributed by atoms with van der Waals surface area (Å²) >= 11 is 3.34. The van der Waals surface area contributed by atoms with Crippen LogP contribution in [-0.2, 0) is 6.54 Å². The lowest BCUT2D eigenvalue weighted by Crippen LogP contribution is -2.30. The van der Waals surface area contributed by atoms with Gasteiger partial charge in [-0.25, -0.2) is 4.79 Å². The van der Waals surface area contributed by atoms with Crippen LogP contribution in [0.25, 0.3) is 0 Å². The third-order valence-electron chi connectivity index (χ3n) is 3.02. The molecule has 2 aromatic carbocycles. The number of carbonyl (C=O) groups excluding carboxylic acids is 1. The quantitative estimate of drug-likeness (QED) is 0.780. The summed E-state index contributed by atoms with van der Waals surface area (Å²) in [5.41, 5.74) is 1.32. The van der Waals surface area contributed by atoms with Crippen molar-refractivity contribution < 1.29 is 22.7 Å². The topological polar surface area (TPSA) is 41.6 Å². The Balaban J connectivity index is 1.92. The summed E-state index contributed by atoms with van der Waals surface area (Å²) in [6.07, 6.45) is -4.74. The Morgan fingerprint density at radius 3 is 2.25 bits per heavy atom. The van der Waals surface area contributed by atoms with Gasteiger partial charge in [0.1, 0.15) is 5.75 Å². The van der Waals surface area contributed by atoms with E-state index in [1.54, 1.807) is 7.05 Å². The van der Waals surface area contributed by atoms with E-state index in [1.165, 1.54) is 17.0 Å². The van der Waals surface area contributed by atoms with Crippen molar-refractivity contribution in [1.29, 1.82) is 0 Å². The number of benzene rings is 2. The van der Waals surface area contributed by atoms with Crippen LogP contribution in [0.2, 0.25) is 0 Å². The Bertz CT molecular complexity index is 688. The van der Waals surface area contributed by atoms with Crippen LogP contribution in [0.3, 0.4) is 0 Å². The lowest BCUT2D eigenvalue weighted by molar-refractivity contribution is -0.274. The van der Waals surface area contributed by atoms with E-state index < -0.39 is 6.36 Å². The fourth-order valence-electron chi connectivity index (χ4n) is 1.89. The zero-order valence-corrected chi connectivity index (χ0v) is 14.2. The molecule has 0 unspecified atom stereocenters. The second kappa shape index (κ2) is 7.57. The van der Waals surface area contributed by atoms with E-state index in [0.29, 0.717) is 12.2 Å². The van der Waals surface area contributed by atoms with E-state index in [2.05, 4.69) is 26.0 Å². The summed E-state index contributed by atoms with van der Waals surface area (Å²) in [7, 11) is 1.62. The van der Waals surface area contributed by atoms with Crippen LogP contribution in [0, 0.1) is 0 Å². The zero-order chi connectivity index (χ0) is 17.7. The first kappa shape index (κ1) is 18.1. The Kier molecular flexibility index (Phi) is 5.71. The largest absolute Gasteiger partial charge is 0.573 e. The van der Waals surface area contributed by atoms with Crippen LogP contribution in [0.15, 0.2) is 53.0 Å².